The average Bonchev–Trinajstić information content (AvgIpc) is 3.60. The smallest absolute Gasteiger partial charge is 0.391 e. The van der Waals surface area contributed by atoms with Crippen LogP contribution in [-0.2, 0) is 17.9 Å². The van der Waals surface area contributed by atoms with Crippen LogP contribution in [-0.4, -0.2) is 83.8 Å². The minimum absolute atomic E-state index is 0.000716. The summed E-state index contributed by atoms with van der Waals surface area (Å²) < 4.78 is 47.1. The molecule has 43 heavy (non-hydrogen) atoms. The predicted octanol–water partition coefficient (Wildman–Crippen LogP) is 5.09. The number of ether oxygens (including phenoxy) is 1. The molecular formula is C32H37F3N6O2. The zero-order valence-corrected chi connectivity index (χ0v) is 24.6. The Bertz CT molecular complexity index is 1520. The highest BCUT2D eigenvalue weighted by Gasteiger charge is 2.40. The van der Waals surface area contributed by atoms with Crippen molar-refractivity contribution in [2.24, 2.45) is 0 Å². The van der Waals surface area contributed by atoms with Crippen LogP contribution in [0.5, 0.6) is 6.01 Å². The molecule has 3 aliphatic rings. The van der Waals surface area contributed by atoms with Crippen molar-refractivity contribution in [2.45, 2.75) is 57.5 Å². The lowest BCUT2D eigenvalue weighted by molar-refractivity contribution is -0.153. The second-order valence-corrected chi connectivity index (χ2v) is 11.8. The Morgan fingerprint density at radius 1 is 1.07 bits per heavy atom. The number of anilines is 2. The van der Waals surface area contributed by atoms with E-state index in [1.54, 1.807) is 0 Å². The Balaban J connectivity index is 1.35. The first-order valence-corrected chi connectivity index (χ1v) is 14.8. The van der Waals surface area contributed by atoms with Gasteiger partial charge in [-0.05, 0) is 56.4 Å². The highest BCUT2D eigenvalue weighted by molar-refractivity contribution is 5.97. The number of carbonyl (C=O) groups excluding carboxylic acids is 1. The maximum atomic E-state index is 13.6. The van der Waals surface area contributed by atoms with Crippen LogP contribution in [0.3, 0.4) is 0 Å². The van der Waals surface area contributed by atoms with E-state index < -0.39 is 24.5 Å². The molecule has 3 aromatic rings. The summed E-state index contributed by atoms with van der Waals surface area (Å²) in [6.07, 6.45) is -2.31. The van der Waals surface area contributed by atoms with Crippen molar-refractivity contribution in [1.82, 2.24) is 19.8 Å². The van der Waals surface area contributed by atoms with Crippen LogP contribution >= 0.6 is 0 Å². The monoisotopic (exact) mass is 594 g/mol. The molecule has 2 aromatic carbocycles. The molecule has 0 spiro atoms. The number of nitrogens with zero attached hydrogens (tertiary/aromatic N) is 6. The number of carbonyl (C=O) groups is 1. The molecule has 6 rings (SSSR count). The van der Waals surface area contributed by atoms with Gasteiger partial charge in [0.15, 0.2) is 0 Å². The highest BCUT2D eigenvalue weighted by atomic mass is 19.4. The van der Waals surface area contributed by atoms with E-state index in [2.05, 4.69) is 54.6 Å². The number of fused-ring (bicyclic) bond motifs is 2. The number of benzene rings is 2. The van der Waals surface area contributed by atoms with E-state index in [1.807, 2.05) is 17.0 Å². The van der Waals surface area contributed by atoms with E-state index in [9.17, 15) is 18.0 Å². The third kappa shape index (κ3) is 6.00. The van der Waals surface area contributed by atoms with Crippen LogP contribution in [0.1, 0.15) is 36.1 Å². The molecule has 1 aromatic heterocycles. The number of rotatable bonds is 7. The van der Waals surface area contributed by atoms with Gasteiger partial charge in [-0.3, -0.25) is 4.79 Å². The second-order valence-electron chi connectivity index (χ2n) is 11.8. The summed E-state index contributed by atoms with van der Waals surface area (Å²) >= 11 is 0. The molecule has 2 saturated heterocycles. The van der Waals surface area contributed by atoms with Gasteiger partial charge in [-0.1, -0.05) is 36.9 Å². The molecule has 0 bridgehead atoms. The molecule has 0 unspecified atom stereocenters. The number of halogens is 3. The number of likely N-dealkylation sites (tertiary alicyclic amines) is 1. The Morgan fingerprint density at radius 2 is 1.86 bits per heavy atom. The summed E-state index contributed by atoms with van der Waals surface area (Å²) in [5.41, 5.74) is 3.93. The zero-order valence-electron chi connectivity index (χ0n) is 24.6. The van der Waals surface area contributed by atoms with Gasteiger partial charge in [0.05, 0.1) is 24.7 Å². The van der Waals surface area contributed by atoms with E-state index in [1.165, 1.54) is 4.90 Å². The first-order chi connectivity index (χ1) is 20.6. The quantitative estimate of drug-likeness (QED) is 0.354. The number of alkyl halides is 3. The predicted molar refractivity (Wildman–Crippen MR) is 160 cm³/mol. The Hall–Kier alpha value is -3.86. The van der Waals surface area contributed by atoms with Gasteiger partial charge in [0.25, 0.3) is 0 Å². The van der Waals surface area contributed by atoms with E-state index >= 15 is 0 Å². The van der Waals surface area contributed by atoms with Crippen LogP contribution in [0.4, 0.5) is 24.7 Å². The third-order valence-electron chi connectivity index (χ3n) is 8.96. The number of likely N-dealkylation sites (N-methyl/N-ethyl adjacent to an activating group) is 1. The van der Waals surface area contributed by atoms with E-state index in [0.29, 0.717) is 32.1 Å². The average molecular weight is 595 g/mol. The van der Waals surface area contributed by atoms with E-state index in [4.69, 9.17) is 14.7 Å². The van der Waals surface area contributed by atoms with Crippen molar-refractivity contribution in [2.75, 3.05) is 49.6 Å². The molecule has 2 atom stereocenters. The van der Waals surface area contributed by atoms with Gasteiger partial charge < -0.3 is 24.3 Å². The van der Waals surface area contributed by atoms with Gasteiger partial charge in [0.2, 0.25) is 5.91 Å². The highest BCUT2D eigenvalue weighted by Crippen LogP contribution is 2.39. The van der Waals surface area contributed by atoms with Gasteiger partial charge in [0.1, 0.15) is 12.4 Å². The number of hydrogen-bond acceptors (Lipinski definition) is 7. The fraction of sp³-hybridized carbons (Fsp3) is 0.469. The van der Waals surface area contributed by atoms with Crippen molar-refractivity contribution in [3.8, 4) is 6.01 Å². The number of aryl methyl sites for hydroxylation is 1. The molecule has 228 valence electrons. The standard InChI is InChI=1S/C32H37F3N6O2/c1-4-28(42)41-15-14-39(17-24(41)16-32(33,34)35)30-25-18-40(27-12-6-10-22-9-5-8-21(2)29(22)27)19-26(25)36-31(37-30)43-20-23-11-7-13-38(23)3/h4-6,8-10,12,23-24H,1,7,11,13-20H2,2-3H3/t23-,24-/m0/s1. The number of hydrogen-bond donors (Lipinski definition) is 0. The van der Waals surface area contributed by atoms with Crippen LogP contribution in [0, 0.1) is 6.92 Å². The number of amides is 1. The Kier molecular flexibility index (Phi) is 7.93. The number of aromatic nitrogens is 2. The van der Waals surface area contributed by atoms with Crippen molar-refractivity contribution >= 4 is 28.2 Å². The van der Waals surface area contributed by atoms with Gasteiger partial charge >= 0.3 is 12.2 Å². The summed E-state index contributed by atoms with van der Waals surface area (Å²) in [5, 5.41) is 2.30. The molecular weight excluding hydrogens is 557 g/mol. The first kappa shape index (κ1) is 29.2. The molecule has 11 heteroatoms. The molecule has 1 amide bonds. The van der Waals surface area contributed by atoms with Crippen molar-refractivity contribution in [1.29, 1.82) is 0 Å². The molecule has 0 N–H and O–H groups in total. The minimum atomic E-state index is -4.42. The largest absolute Gasteiger partial charge is 0.462 e. The normalized spacial score (nSPS) is 21.0. The summed E-state index contributed by atoms with van der Waals surface area (Å²) in [6.45, 7) is 8.57. The maximum Gasteiger partial charge on any atom is 0.391 e. The first-order valence-electron chi connectivity index (χ1n) is 14.8. The zero-order chi connectivity index (χ0) is 30.3. The van der Waals surface area contributed by atoms with Crippen LogP contribution < -0.4 is 14.5 Å². The van der Waals surface area contributed by atoms with Gasteiger partial charge in [0, 0.05) is 48.9 Å². The summed E-state index contributed by atoms with van der Waals surface area (Å²) in [7, 11) is 2.07. The second kappa shape index (κ2) is 11.7. The van der Waals surface area contributed by atoms with E-state index in [-0.39, 0.29) is 25.1 Å². The molecule has 4 heterocycles. The molecule has 3 aliphatic heterocycles. The minimum Gasteiger partial charge on any atom is -0.462 e. The van der Waals surface area contributed by atoms with Gasteiger partial charge in [-0.2, -0.15) is 23.1 Å². The summed E-state index contributed by atoms with van der Waals surface area (Å²) in [4.78, 5) is 29.8. The maximum absolute atomic E-state index is 13.6. The topological polar surface area (TPSA) is 65.0 Å². The Morgan fingerprint density at radius 3 is 2.58 bits per heavy atom. The van der Waals surface area contributed by atoms with Gasteiger partial charge in [-0.15, -0.1) is 0 Å². The lowest BCUT2D eigenvalue weighted by Gasteiger charge is -2.42. The van der Waals surface area contributed by atoms with E-state index in [0.717, 1.165) is 58.7 Å². The fourth-order valence-corrected chi connectivity index (χ4v) is 6.74. The summed E-state index contributed by atoms with van der Waals surface area (Å²) in [6, 6.07) is 11.9. The lowest BCUT2D eigenvalue weighted by Crippen LogP contribution is -2.56. The van der Waals surface area contributed by atoms with Gasteiger partial charge in [-0.25, -0.2) is 0 Å². The molecule has 0 saturated carbocycles. The van der Waals surface area contributed by atoms with Crippen LogP contribution in [0.15, 0.2) is 49.1 Å². The van der Waals surface area contributed by atoms with Crippen molar-refractivity contribution in [3.05, 3.63) is 65.9 Å². The Labute approximate surface area is 249 Å². The van der Waals surface area contributed by atoms with Crippen LogP contribution in [0.2, 0.25) is 0 Å². The molecule has 0 radical (unpaired) electrons. The van der Waals surface area contributed by atoms with Crippen LogP contribution in [0.25, 0.3) is 10.8 Å². The molecule has 8 nitrogen and oxygen atoms in total. The molecule has 2 fully saturated rings. The fourth-order valence-electron chi connectivity index (χ4n) is 6.74. The van der Waals surface area contributed by atoms with Crippen molar-refractivity contribution in [3.63, 3.8) is 0 Å². The van der Waals surface area contributed by atoms with Crippen molar-refractivity contribution < 1.29 is 22.7 Å². The number of piperazine rings is 1. The SMILES string of the molecule is C=CC(=O)N1CCN(c2nc(OC[C@@H]3CCCN3C)nc3c2CN(c2cccc4cccc(C)c24)C3)C[C@@H]1CC(F)(F)F. The lowest BCUT2D eigenvalue weighted by atomic mass is 10.0. The third-order valence-corrected chi connectivity index (χ3v) is 8.96. The summed E-state index contributed by atoms with van der Waals surface area (Å²) in [5.74, 6) is 0.0844. The molecule has 0 aliphatic carbocycles.